The van der Waals surface area contributed by atoms with Gasteiger partial charge in [-0.3, -0.25) is 9.52 Å². The van der Waals surface area contributed by atoms with Crippen LogP contribution < -0.4 is 15.2 Å². The molecule has 1 amide bonds. The molecule has 2 saturated carbocycles. The second-order valence-corrected chi connectivity index (χ2v) is 10.7. The number of ether oxygens (including phenoxy) is 1. The third-order valence-corrected chi connectivity index (χ3v) is 7.95. The van der Waals surface area contributed by atoms with E-state index in [9.17, 15) is 13.2 Å². The van der Waals surface area contributed by atoms with Crippen molar-refractivity contribution in [2.75, 3.05) is 24.1 Å². The van der Waals surface area contributed by atoms with Gasteiger partial charge in [0, 0.05) is 13.1 Å². The fraction of sp³-hybridized carbons (Fsp3) is 0.682. The van der Waals surface area contributed by atoms with E-state index in [1.807, 2.05) is 18.0 Å². The van der Waals surface area contributed by atoms with Gasteiger partial charge in [-0.05, 0) is 75.8 Å². The normalized spacial score (nSPS) is 23.3. The number of nitrogens with zero attached hydrogens (tertiary/aromatic N) is 1. The first-order chi connectivity index (χ1) is 14.3. The van der Waals surface area contributed by atoms with Crippen molar-refractivity contribution in [1.29, 1.82) is 0 Å². The number of amides is 1. The summed E-state index contributed by atoms with van der Waals surface area (Å²) in [6, 6.07) is 7.07. The number of carbonyl (C=O) groups is 1. The van der Waals surface area contributed by atoms with Crippen molar-refractivity contribution in [3.63, 3.8) is 0 Å². The maximum absolute atomic E-state index is 12.7. The zero-order valence-corrected chi connectivity index (χ0v) is 18.9. The summed E-state index contributed by atoms with van der Waals surface area (Å²) in [5.74, 6) is 1.24. The topological polar surface area (TPSA) is 102 Å². The Bertz CT molecular complexity index is 817. The van der Waals surface area contributed by atoms with Crippen LogP contribution >= 0.6 is 0 Å². The van der Waals surface area contributed by atoms with E-state index in [0.717, 1.165) is 38.5 Å². The van der Waals surface area contributed by atoms with Crippen molar-refractivity contribution in [2.45, 2.75) is 64.0 Å². The lowest BCUT2D eigenvalue weighted by atomic mass is 9.78. The molecule has 0 spiro atoms. The zero-order valence-electron chi connectivity index (χ0n) is 18.0. The van der Waals surface area contributed by atoms with E-state index in [4.69, 9.17) is 10.5 Å². The summed E-state index contributed by atoms with van der Waals surface area (Å²) in [5, 5.41) is 0. The highest BCUT2D eigenvalue weighted by Gasteiger charge is 2.34. The van der Waals surface area contributed by atoms with Crippen molar-refractivity contribution in [3.05, 3.63) is 24.3 Å². The van der Waals surface area contributed by atoms with Crippen LogP contribution in [0.5, 0.6) is 5.75 Å². The molecule has 1 aromatic rings. The van der Waals surface area contributed by atoms with E-state index in [2.05, 4.69) is 4.72 Å². The fourth-order valence-electron chi connectivity index (χ4n) is 4.23. The lowest BCUT2D eigenvalue weighted by Gasteiger charge is -2.38. The average Bonchev–Trinajstić information content (AvgIpc) is 2.71. The van der Waals surface area contributed by atoms with Crippen molar-refractivity contribution in [3.8, 4) is 5.75 Å². The van der Waals surface area contributed by atoms with Crippen LogP contribution in [0.1, 0.15) is 51.9 Å². The first-order valence-corrected chi connectivity index (χ1v) is 12.7. The van der Waals surface area contributed by atoms with Crippen LogP contribution in [0.25, 0.3) is 0 Å². The average molecular weight is 438 g/mol. The molecule has 0 heterocycles. The monoisotopic (exact) mass is 437 g/mol. The molecule has 7 nitrogen and oxygen atoms in total. The molecule has 0 radical (unpaired) electrons. The first-order valence-electron chi connectivity index (χ1n) is 11.0. The molecular formula is C22H35N3O4S. The van der Waals surface area contributed by atoms with E-state index in [0.29, 0.717) is 30.0 Å². The highest BCUT2D eigenvalue weighted by molar-refractivity contribution is 7.92. The van der Waals surface area contributed by atoms with Gasteiger partial charge in [-0.2, -0.15) is 0 Å². The lowest BCUT2D eigenvalue weighted by Crippen LogP contribution is -2.52. The molecule has 2 fully saturated rings. The van der Waals surface area contributed by atoms with Gasteiger partial charge < -0.3 is 15.4 Å². The van der Waals surface area contributed by atoms with Gasteiger partial charge in [0.1, 0.15) is 5.75 Å². The predicted molar refractivity (Wildman–Crippen MR) is 119 cm³/mol. The molecule has 0 bridgehead atoms. The van der Waals surface area contributed by atoms with Crippen LogP contribution in [0.2, 0.25) is 0 Å². The number of hydrogen-bond acceptors (Lipinski definition) is 5. The van der Waals surface area contributed by atoms with Gasteiger partial charge in [-0.15, -0.1) is 0 Å². The molecule has 30 heavy (non-hydrogen) atoms. The minimum Gasteiger partial charge on any atom is -0.491 e. The van der Waals surface area contributed by atoms with Crippen molar-refractivity contribution < 1.29 is 17.9 Å². The number of likely N-dealkylation sites (N-methyl/N-ethyl adjacent to an activating group) is 1. The molecule has 2 aliphatic rings. The van der Waals surface area contributed by atoms with Crippen LogP contribution in [0.3, 0.4) is 0 Å². The first kappa shape index (κ1) is 22.9. The number of anilines is 1. The Morgan fingerprint density at radius 2 is 1.87 bits per heavy atom. The van der Waals surface area contributed by atoms with Crippen LogP contribution in [0.4, 0.5) is 5.69 Å². The number of hydrogen-bond donors (Lipinski definition) is 2. The molecule has 0 aromatic heterocycles. The highest BCUT2D eigenvalue weighted by Crippen LogP contribution is 2.33. The van der Waals surface area contributed by atoms with E-state index >= 15 is 0 Å². The standard InChI is InChI=1S/C22H35N3O4S/c1-3-30(27,28)24-19-9-4-5-10-20(19)29-15-16-11-13-17(14-12-16)21(23)22(26)25(2)18-7-6-8-18/h4-5,9-10,16-18,21,24H,3,6-8,11-15,23H2,1-2H3/t16?,17?,21-/m0/s1. The van der Waals surface area contributed by atoms with Crippen LogP contribution in [0, 0.1) is 11.8 Å². The summed E-state index contributed by atoms with van der Waals surface area (Å²) in [4.78, 5) is 14.5. The quantitative estimate of drug-likeness (QED) is 0.618. The second-order valence-electron chi connectivity index (χ2n) is 8.65. The smallest absolute Gasteiger partial charge is 0.239 e. The Morgan fingerprint density at radius 1 is 1.20 bits per heavy atom. The summed E-state index contributed by atoms with van der Waals surface area (Å²) in [6.45, 7) is 2.13. The summed E-state index contributed by atoms with van der Waals surface area (Å²) in [7, 11) is -1.47. The van der Waals surface area contributed by atoms with Crippen LogP contribution in [-0.4, -0.2) is 50.7 Å². The SMILES string of the molecule is CCS(=O)(=O)Nc1ccccc1OCC1CCC([C@H](N)C(=O)N(C)C2CCC2)CC1. The molecular weight excluding hydrogens is 402 g/mol. The Morgan fingerprint density at radius 3 is 2.47 bits per heavy atom. The molecule has 0 saturated heterocycles. The third kappa shape index (κ3) is 5.66. The van der Waals surface area contributed by atoms with Crippen molar-refractivity contribution >= 4 is 21.6 Å². The number of nitrogens with two attached hydrogens (primary N) is 1. The highest BCUT2D eigenvalue weighted by atomic mass is 32.2. The molecule has 3 rings (SSSR count). The third-order valence-electron chi connectivity index (χ3n) is 6.66. The Balaban J connectivity index is 1.48. The fourth-order valence-corrected chi connectivity index (χ4v) is 4.88. The number of para-hydroxylation sites is 2. The molecule has 0 aliphatic heterocycles. The van der Waals surface area contributed by atoms with Gasteiger partial charge in [-0.1, -0.05) is 12.1 Å². The van der Waals surface area contributed by atoms with E-state index in [-0.39, 0.29) is 17.6 Å². The van der Waals surface area contributed by atoms with Crippen LogP contribution in [-0.2, 0) is 14.8 Å². The largest absolute Gasteiger partial charge is 0.491 e. The molecule has 1 atom stereocenters. The van der Waals surface area contributed by atoms with Gasteiger partial charge in [0.05, 0.1) is 24.1 Å². The second kappa shape index (κ2) is 10.0. The number of sulfonamides is 1. The van der Waals surface area contributed by atoms with E-state index in [1.165, 1.54) is 6.42 Å². The number of benzene rings is 1. The predicted octanol–water partition coefficient (Wildman–Crippen LogP) is 2.97. The zero-order chi connectivity index (χ0) is 21.7. The summed E-state index contributed by atoms with van der Waals surface area (Å²) >= 11 is 0. The molecule has 8 heteroatoms. The molecule has 0 unspecified atom stereocenters. The maximum atomic E-state index is 12.7. The van der Waals surface area contributed by atoms with Crippen LogP contribution in [0.15, 0.2) is 24.3 Å². The summed E-state index contributed by atoms with van der Waals surface area (Å²) < 4.78 is 32.3. The van der Waals surface area contributed by atoms with E-state index < -0.39 is 16.1 Å². The molecule has 168 valence electrons. The summed E-state index contributed by atoms with van der Waals surface area (Å²) in [6.07, 6.45) is 7.14. The Hall–Kier alpha value is -1.80. The number of nitrogens with one attached hydrogen (secondary N) is 1. The number of carbonyl (C=O) groups excluding carboxylic acids is 1. The molecule has 2 aliphatic carbocycles. The van der Waals surface area contributed by atoms with Gasteiger partial charge in [0.2, 0.25) is 15.9 Å². The van der Waals surface area contributed by atoms with Crippen molar-refractivity contribution in [1.82, 2.24) is 4.90 Å². The van der Waals surface area contributed by atoms with Gasteiger partial charge in [-0.25, -0.2) is 8.42 Å². The lowest BCUT2D eigenvalue weighted by molar-refractivity contribution is -0.136. The Kier molecular flexibility index (Phi) is 7.63. The minimum absolute atomic E-state index is 0.0141. The van der Waals surface area contributed by atoms with E-state index in [1.54, 1.807) is 25.1 Å². The van der Waals surface area contributed by atoms with Gasteiger partial charge >= 0.3 is 0 Å². The number of rotatable bonds is 9. The Labute approximate surface area is 180 Å². The van der Waals surface area contributed by atoms with Gasteiger partial charge in [0.25, 0.3) is 0 Å². The van der Waals surface area contributed by atoms with Gasteiger partial charge in [0.15, 0.2) is 0 Å². The molecule has 3 N–H and O–H groups in total. The minimum atomic E-state index is -3.35. The molecule has 1 aromatic carbocycles. The van der Waals surface area contributed by atoms with Crippen molar-refractivity contribution in [2.24, 2.45) is 17.6 Å². The maximum Gasteiger partial charge on any atom is 0.239 e. The summed E-state index contributed by atoms with van der Waals surface area (Å²) in [5.41, 5.74) is 6.80.